The Morgan fingerprint density at radius 2 is 1.45 bits per heavy atom. The summed E-state index contributed by atoms with van der Waals surface area (Å²) < 4.78 is 5.79. The molecule has 5 heteroatoms. The van der Waals surface area contributed by atoms with Crippen LogP contribution in [0.2, 0.25) is 0 Å². The van der Waals surface area contributed by atoms with Gasteiger partial charge in [-0.1, -0.05) is 54.6 Å². The van der Waals surface area contributed by atoms with Gasteiger partial charge in [0.1, 0.15) is 5.58 Å². The fraction of sp³-hybridized carbons (Fsp3) is 0. The number of anilines is 2. The van der Waals surface area contributed by atoms with Crippen molar-refractivity contribution in [2.45, 2.75) is 0 Å². The molecule has 0 saturated carbocycles. The topological polar surface area (TPSA) is 92.0 Å². The van der Waals surface area contributed by atoms with Gasteiger partial charge in [0.15, 0.2) is 5.76 Å². The van der Waals surface area contributed by atoms with Crippen LogP contribution in [0.5, 0.6) is 0 Å². The normalized spacial score (nSPS) is 10.6. The van der Waals surface area contributed by atoms with E-state index in [1.165, 1.54) is 0 Å². The molecule has 0 atom stereocenters. The van der Waals surface area contributed by atoms with E-state index in [4.69, 9.17) is 15.4 Å². The molecule has 5 rings (SSSR count). The van der Waals surface area contributed by atoms with Gasteiger partial charge in [0, 0.05) is 5.39 Å². The molecule has 5 aromatic rings. The number of amides is 1. The second kappa shape index (κ2) is 8.37. The lowest BCUT2D eigenvalue weighted by Gasteiger charge is -2.10. The predicted octanol–water partition coefficient (Wildman–Crippen LogP) is 6.47. The minimum atomic E-state index is -0.372. The summed E-state index contributed by atoms with van der Waals surface area (Å²) in [6.07, 6.45) is 0. The first-order valence-corrected chi connectivity index (χ1v) is 10.4. The molecule has 33 heavy (non-hydrogen) atoms. The van der Waals surface area contributed by atoms with Gasteiger partial charge < -0.3 is 15.5 Å². The zero-order valence-electron chi connectivity index (χ0n) is 17.6. The van der Waals surface area contributed by atoms with E-state index >= 15 is 0 Å². The van der Waals surface area contributed by atoms with Gasteiger partial charge in [0.2, 0.25) is 0 Å². The minimum absolute atomic E-state index is 0.200. The number of rotatable bonds is 4. The highest BCUT2D eigenvalue weighted by molar-refractivity contribution is 6.06. The zero-order chi connectivity index (χ0) is 22.8. The second-order valence-corrected chi connectivity index (χ2v) is 7.67. The summed E-state index contributed by atoms with van der Waals surface area (Å²) in [6, 6.07) is 32.4. The number of carbonyl (C=O) groups excluding carboxylic acids is 1. The van der Waals surface area contributed by atoms with E-state index in [1.807, 2.05) is 72.8 Å². The third kappa shape index (κ3) is 4.06. The number of carbonyl (C=O) groups is 1. The molecule has 1 heterocycles. The third-order valence-corrected chi connectivity index (χ3v) is 5.50. The van der Waals surface area contributed by atoms with Gasteiger partial charge in [-0.05, 0) is 64.7 Å². The monoisotopic (exact) mass is 429 g/mol. The molecule has 4 aromatic carbocycles. The number of fused-ring (bicyclic) bond motifs is 1. The Hall–Kier alpha value is -4.82. The molecule has 0 unspecified atom stereocenters. The first kappa shape index (κ1) is 20.1. The van der Waals surface area contributed by atoms with Crippen LogP contribution in [-0.4, -0.2) is 5.91 Å². The number of furan rings is 1. The summed E-state index contributed by atoms with van der Waals surface area (Å²) >= 11 is 0. The van der Waals surface area contributed by atoms with Gasteiger partial charge in [-0.2, -0.15) is 5.26 Å². The van der Waals surface area contributed by atoms with Crippen LogP contribution in [0.1, 0.15) is 16.1 Å². The first-order chi connectivity index (χ1) is 16.1. The number of nitrogen functional groups attached to an aromatic ring is 1. The molecule has 0 radical (unpaired) electrons. The third-order valence-electron chi connectivity index (χ3n) is 5.50. The summed E-state index contributed by atoms with van der Waals surface area (Å²) in [5.41, 5.74) is 12.3. The van der Waals surface area contributed by atoms with E-state index in [-0.39, 0.29) is 11.7 Å². The summed E-state index contributed by atoms with van der Waals surface area (Å²) in [6.45, 7) is 0. The molecule has 0 aliphatic carbocycles. The number of hydrogen-bond acceptors (Lipinski definition) is 4. The average molecular weight is 429 g/mol. The summed E-state index contributed by atoms with van der Waals surface area (Å²) in [4.78, 5) is 12.9. The van der Waals surface area contributed by atoms with E-state index in [0.717, 1.165) is 27.6 Å². The van der Waals surface area contributed by atoms with Crippen LogP contribution in [0, 0.1) is 11.3 Å². The quantitative estimate of drug-likeness (QED) is 0.320. The van der Waals surface area contributed by atoms with Crippen LogP contribution in [0.4, 0.5) is 11.4 Å². The Bertz CT molecular complexity index is 1510. The van der Waals surface area contributed by atoms with Gasteiger partial charge in [0.25, 0.3) is 5.91 Å². The van der Waals surface area contributed by atoms with Crippen LogP contribution in [0.25, 0.3) is 33.2 Å². The van der Waals surface area contributed by atoms with Crippen molar-refractivity contribution in [3.05, 3.63) is 108 Å². The van der Waals surface area contributed by atoms with E-state index in [0.29, 0.717) is 22.5 Å². The molecule has 1 amide bonds. The highest BCUT2D eigenvalue weighted by atomic mass is 16.3. The highest BCUT2D eigenvalue weighted by Gasteiger charge is 2.15. The number of nitrogens with one attached hydrogen (secondary N) is 1. The smallest absolute Gasteiger partial charge is 0.291 e. The van der Waals surface area contributed by atoms with Gasteiger partial charge in [0.05, 0.1) is 23.0 Å². The second-order valence-electron chi connectivity index (χ2n) is 7.67. The fourth-order valence-corrected chi connectivity index (χ4v) is 3.73. The molecular weight excluding hydrogens is 410 g/mol. The standard InChI is InChI=1S/C28H19N3O2/c29-17-18-6-8-20(9-7-18)21-11-13-26-23(14-21)16-27(33-26)28(32)31-25-15-22(10-12-24(25)30)19-4-2-1-3-5-19/h1-16H,30H2,(H,31,32). The molecule has 158 valence electrons. The van der Waals surface area contributed by atoms with Crippen molar-refractivity contribution in [1.29, 1.82) is 5.26 Å². The van der Waals surface area contributed by atoms with E-state index in [1.54, 1.807) is 24.3 Å². The summed E-state index contributed by atoms with van der Waals surface area (Å²) in [5.74, 6) is -0.172. The highest BCUT2D eigenvalue weighted by Crippen LogP contribution is 2.30. The van der Waals surface area contributed by atoms with Crippen LogP contribution >= 0.6 is 0 Å². The molecule has 0 saturated heterocycles. The number of hydrogen-bond donors (Lipinski definition) is 2. The molecule has 0 aliphatic rings. The summed E-state index contributed by atoms with van der Waals surface area (Å²) in [7, 11) is 0. The maximum absolute atomic E-state index is 12.9. The maximum atomic E-state index is 12.9. The molecule has 0 bridgehead atoms. The van der Waals surface area contributed by atoms with E-state index in [2.05, 4.69) is 11.4 Å². The fourth-order valence-electron chi connectivity index (χ4n) is 3.73. The Kier molecular flexibility index (Phi) is 5.10. The van der Waals surface area contributed by atoms with Gasteiger partial charge in [-0.3, -0.25) is 4.79 Å². The molecule has 1 aromatic heterocycles. The Balaban J connectivity index is 1.41. The Morgan fingerprint density at radius 3 is 2.21 bits per heavy atom. The van der Waals surface area contributed by atoms with Gasteiger partial charge in [-0.15, -0.1) is 0 Å². The van der Waals surface area contributed by atoms with Crippen LogP contribution < -0.4 is 11.1 Å². The van der Waals surface area contributed by atoms with Crippen molar-refractivity contribution in [1.82, 2.24) is 0 Å². The maximum Gasteiger partial charge on any atom is 0.291 e. The lowest BCUT2D eigenvalue weighted by molar-refractivity contribution is 0.0999. The Morgan fingerprint density at radius 1 is 0.788 bits per heavy atom. The minimum Gasteiger partial charge on any atom is -0.451 e. The molecule has 0 aliphatic heterocycles. The van der Waals surface area contributed by atoms with Crippen LogP contribution in [-0.2, 0) is 0 Å². The van der Waals surface area contributed by atoms with Crippen molar-refractivity contribution in [3.63, 3.8) is 0 Å². The largest absolute Gasteiger partial charge is 0.451 e. The van der Waals surface area contributed by atoms with Gasteiger partial charge >= 0.3 is 0 Å². The molecular formula is C28H19N3O2. The molecule has 0 fully saturated rings. The summed E-state index contributed by atoms with van der Waals surface area (Å²) in [5, 5.41) is 12.7. The number of nitriles is 1. The van der Waals surface area contributed by atoms with E-state index in [9.17, 15) is 4.79 Å². The SMILES string of the molecule is N#Cc1ccc(-c2ccc3oc(C(=O)Nc4cc(-c5ccccc5)ccc4N)cc3c2)cc1. The van der Waals surface area contributed by atoms with Gasteiger partial charge in [-0.25, -0.2) is 0 Å². The van der Waals surface area contributed by atoms with Crippen LogP contribution in [0.15, 0.2) is 101 Å². The van der Waals surface area contributed by atoms with E-state index < -0.39 is 0 Å². The van der Waals surface area contributed by atoms with Crippen molar-refractivity contribution in [2.75, 3.05) is 11.1 Å². The average Bonchev–Trinajstić information content (AvgIpc) is 3.30. The number of benzene rings is 4. The van der Waals surface area contributed by atoms with Crippen molar-refractivity contribution < 1.29 is 9.21 Å². The van der Waals surface area contributed by atoms with Crippen molar-refractivity contribution >= 4 is 28.3 Å². The molecule has 0 spiro atoms. The molecule has 5 nitrogen and oxygen atoms in total. The van der Waals surface area contributed by atoms with Crippen LogP contribution in [0.3, 0.4) is 0 Å². The van der Waals surface area contributed by atoms with Crippen molar-refractivity contribution in [3.8, 4) is 28.3 Å². The first-order valence-electron chi connectivity index (χ1n) is 10.4. The lowest BCUT2D eigenvalue weighted by Crippen LogP contribution is -2.12. The molecule has 3 N–H and O–H groups in total. The zero-order valence-corrected chi connectivity index (χ0v) is 17.6. The Labute approximate surface area is 190 Å². The number of nitrogens with zero attached hydrogens (tertiary/aromatic N) is 1. The lowest BCUT2D eigenvalue weighted by atomic mass is 10.0. The predicted molar refractivity (Wildman–Crippen MR) is 131 cm³/mol. The van der Waals surface area contributed by atoms with Crippen molar-refractivity contribution in [2.24, 2.45) is 0 Å². The number of nitrogens with two attached hydrogens (primary N) is 1.